The second-order valence-electron chi connectivity index (χ2n) is 5.31. The lowest BCUT2D eigenvalue weighted by Crippen LogP contribution is -2.41. The van der Waals surface area contributed by atoms with E-state index in [1.54, 1.807) is 17.0 Å². The van der Waals surface area contributed by atoms with Crippen LogP contribution in [0.15, 0.2) is 36.4 Å². The smallest absolute Gasteiger partial charge is 0.230 e. The minimum atomic E-state index is -0.361. The maximum Gasteiger partial charge on any atom is 0.230 e. The number of nitrogens with zero attached hydrogens (tertiary/aromatic N) is 1. The van der Waals surface area contributed by atoms with E-state index < -0.39 is 0 Å². The van der Waals surface area contributed by atoms with Gasteiger partial charge in [0.2, 0.25) is 5.91 Å². The van der Waals surface area contributed by atoms with Crippen molar-refractivity contribution in [3.63, 3.8) is 0 Å². The number of ether oxygens (including phenoxy) is 1. The van der Waals surface area contributed by atoms with Crippen LogP contribution in [0.4, 0.5) is 0 Å². The maximum atomic E-state index is 12.3. The van der Waals surface area contributed by atoms with E-state index in [4.69, 9.17) is 4.74 Å². The van der Waals surface area contributed by atoms with Gasteiger partial charge in [-0.3, -0.25) is 9.59 Å². The van der Waals surface area contributed by atoms with Gasteiger partial charge in [0.1, 0.15) is 5.75 Å². The lowest BCUT2D eigenvalue weighted by molar-refractivity contribution is -0.134. The lowest BCUT2D eigenvalue weighted by atomic mass is 10.0. The number of phenols is 1. The van der Waals surface area contributed by atoms with Gasteiger partial charge in [0.15, 0.2) is 5.78 Å². The molecule has 0 saturated carbocycles. The van der Waals surface area contributed by atoms with Crippen molar-refractivity contribution in [2.45, 2.75) is 6.42 Å². The predicted octanol–water partition coefficient (Wildman–Crippen LogP) is 1.98. The second kappa shape index (κ2) is 6.15. The van der Waals surface area contributed by atoms with E-state index in [1.165, 1.54) is 0 Å². The molecule has 1 amide bonds. The van der Waals surface area contributed by atoms with Crippen LogP contribution in [0, 0.1) is 0 Å². The quantitative estimate of drug-likeness (QED) is 0.695. The fraction of sp³-hybridized carbons (Fsp3) is 0.294. The molecule has 5 nitrogen and oxygen atoms in total. The van der Waals surface area contributed by atoms with Gasteiger partial charge >= 0.3 is 0 Å². The van der Waals surface area contributed by atoms with Gasteiger partial charge < -0.3 is 14.7 Å². The summed E-state index contributed by atoms with van der Waals surface area (Å²) in [5.74, 6) is -0.668. The van der Waals surface area contributed by atoms with Crippen LogP contribution in [0.2, 0.25) is 0 Å². The Hall–Kier alpha value is -2.40. The van der Waals surface area contributed by atoms with Crippen molar-refractivity contribution < 1.29 is 19.4 Å². The highest BCUT2D eigenvalue weighted by molar-refractivity contribution is 6.10. The number of phenolic OH excluding ortho intramolecular Hbond substituents is 1. The van der Waals surface area contributed by atoms with Gasteiger partial charge in [0.05, 0.1) is 25.2 Å². The number of hydrogen-bond donors (Lipinski definition) is 1. The van der Waals surface area contributed by atoms with Crippen LogP contribution in [-0.2, 0) is 9.53 Å². The first-order chi connectivity index (χ1) is 10.6. The third kappa shape index (κ3) is 2.94. The molecule has 1 aliphatic rings. The predicted molar refractivity (Wildman–Crippen MR) is 82.0 cm³/mol. The van der Waals surface area contributed by atoms with Crippen LogP contribution in [0.5, 0.6) is 5.75 Å². The number of rotatable bonds is 3. The summed E-state index contributed by atoms with van der Waals surface area (Å²) in [7, 11) is 0. The van der Waals surface area contributed by atoms with Crippen molar-refractivity contribution >= 4 is 22.5 Å². The van der Waals surface area contributed by atoms with Crippen LogP contribution < -0.4 is 0 Å². The van der Waals surface area contributed by atoms with Gasteiger partial charge in [-0.1, -0.05) is 24.3 Å². The fourth-order valence-electron chi connectivity index (χ4n) is 2.61. The maximum absolute atomic E-state index is 12.3. The van der Waals surface area contributed by atoms with Gasteiger partial charge in [-0.05, 0) is 22.9 Å². The molecule has 0 aliphatic carbocycles. The third-order valence-corrected chi connectivity index (χ3v) is 3.84. The minimum absolute atomic E-state index is 0.0847. The number of amides is 1. The van der Waals surface area contributed by atoms with Crippen molar-refractivity contribution in [1.29, 1.82) is 0 Å². The first-order valence-corrected chi connectivity index (χ1v) is 7.25. The lowest BCUT2D eigenvalue weighted by Gasteiger charge is -2.26. The molecule has 1 saturated heterocycles. The number of Topliss-reactive ketones (excluding diaryl/α,β-unsaturated/α-hetero) is 1. The van der Waals surface area contributed by atoms with E-state index in [2.05, 4.69) is 0 Å². The zero-order chi connectivity index (χ0) is 15.5. The molecule has 0 atom stereocenters. The molecule has 1 fully saturated rings. The number of ketones is 1. The number of carbonyl (C=O) groups excluding carboxylic acids is 2. The second-order valence-corrected chi connectivity index (χ2v) is 5.31. The van der Waals surface area contributed by atoms with Crippen molar-refractivity contribution in [3.8, 4) is 5.75 Å². The van der Waals surface area contributed by atoms with E-state index in [0.29, 0.717) is 26.3 Å². The molecule has 0 aromatic heterocycles. The van der Waals surface area contributed by atoms with E-state index in [-0.39, 0.29) is 29.4 Å². The Morgan fingerprint density at radius 2 is 1.73 bits per heavy atom. The molecule has 1 heterocycles. The number of aromatic hydroxyl groups is 1. The SMILES string of the molecule is O=C(CC(=O)N1CCOCC1)c1cc2ccccc2cc1O. The van der Waals surface area contributed by atoms with Crippen LogP contribution in [-0.4, -0.2) is 48.0 Å². The van der Waals surface area contributed by atoms with E-state index in [9.17, 15) is 14.7 Å². The number of benzene rings is 2. The number of morpholine rings is 1. The summed E-state index contributed by atoms with van der Waals surface area (Å²) in [5.41, 5.74) is 0.195. The van der Waals surface area contributed by atoms with Gasteiger partial charge in [-0.2, -0.15) is 0 Å². The van der Waals surface area contributed by atoms with E-state index in [0.717, 1.165) is 10.8 Å². The van der Waals surface area contributed by atoms with Crippen LogP contribution in [0.25, 0.3) is 10.8 Å². The highest BCUT2D eigenvalue weighted by Gasteiger charge is 2.22. The summed E-state index contributed by atoms with van der Waals surface area (Å²) < 4.78 is 5.19. The zero-order valence-electron chi connectivity index (χ0n) is 12.1. The highest BCUT2D eigenvalue weighted by atomic mass is 16.5. The Bertz CT molecular complexity index is 720. The summed E-state index contributed by atoms with van der Waals surface area (Å²) in [6, 6.07) is 10.7. The molecule has 2 aromatic carbocycles. The molecular formula is C17H17NO4. The van der Waals surface area contributed by atoms with E-state index >= 15 is 0 Å². The Morgan fingerprint density at radius 3 is 2.41 bits per heavy atom. The van der Waals surface area contributed by atoms with Crippen LogP contribution >= 0.6 is 0 Å². The fourth-order valence-corrected chi connectivity index (χ4v) is 2.61. The summed E-state index contributed by atoms with van der Waals surface area (Å²) in [4.78, 5) is 26.1. The molecule has 114 valence electrons. The minimum Gasteiger partial charge on any atom is -0.507 e. The number of fused-ring (bicyclic) bond motifs is 1. The third-order valence-electron chi connectivity index (χ3n) is 3.84. The van der Waals surface area contributed by atoms with Crippen molar-refractivity contribution in [2.24, 2.45) is 0 Å². The molecule has 1 N–H and O–H groups in total. The normalized spacial score (nSPS) is 15.0. The Morgan fingerprint density at radius 1 is 1.09 bits per heavy atom. The Balaban J connectivity index is 1.79. The molecule has 0 unspecified atom stereocenters. The van der Waals surface area contributed by atoms with Gasteiger partial charge in [-0.15, -0.1) is 0 Å². The summed E-state index contributed by atoms with van der Waals surface area (Å²) in [5, 5.41) is 11.8. The first kappa shape index (κ1) is 14.5. The molecular weight excluding hydrogens is 282 g/mol. The molecule has 2 aromatic rings. The monoisotopic (exact) mass is 299 g/mol. The topological polar surface area (TPSA) is 66.8 Å². The van der Waals surface area contributed by atoms with Crippen molar-refractivity contribution in [3.05, 3.63) is 42.0 Å². The summed E-state index contributed by atoms with van der Waals surface area (Å²) in [6.45, 7) is 2.02. The molecule has 0 spiro atoms. The summed E-state index contributed by atoms with van der Waals surface area (Å²) >= 11 is 0. The Kier molecular flexibility index (Phi) is 4.06. The number of carbonyl (C=O) groups is 2. The molecule has 1 aliphatic heterocycles. The first-order valence-electron chi connectivity index (χ1n) is 7.25. The van der Waals surface area contributed by atoms with Gasteiger partial charge in [0, 0.05) is 13.1 Å². The molecule has 22 heavy (non-hydrogen) atoms. The molecule has 5 heteroatoms. The van der Waals surface area contributed by atoms with Crippen molar-refractivity contribution in [2.75, 3.05) is 26.3 Å². The summed E-state index contributed by atoms with van der Waals surface area (Å²) in [6.07, 6.45) is -0.230. The largest absolute Gasteiger partial charge is 0.507 e. The molecule has 0 radical (unpaired) electrons. The highest BCUT2D eigenvalue weighted by Crippen LogP contribution is 2.26. The van der Waals surface area contributed by atoms with Gasteiger partial charge in [-0.25, -0.2) is 0 Å². The van der Waals surface area contributed by atoms with E-state index in [1.807, 2.05) is 24.3 Å². The van der Waals surface area contributed by atoms with Crippen molar-refractivity contribution in [1.82, 2.24) is 4.90 Å². The zero-order valence-corrected chi connectivity index (χ0v) is 12.1. The standard InChI is InChI=1S/C17H17NO4/c19-15-10-13-4-2-1-3-12(13)9-14(15)16(20)11-17(21)18-5-7-22-8-6-18/h1-4,9-10,19H,5-8,11H2. The number of hydrogen-bond acceptors (Lipinski definition) is 4. The average molecular weight is 299 g/mol. The van der Waals surface area contributed by atoms with Crippen LogP contribution in [0.1, 0.15) is 16.8 Å². The van der Waals surface area contributed by atoms with Crippen LogP contribution in [0.3, 0.4) is 0 Å². The Labute approximate surface area is 128 Å². The molecule has 0 bridgehead atoms. The molecule has 3 rings (SSSR count). The van der Waals surface area contributed by atoms with Gasteiger partial charge in [0.25, 0.3) is 0 Å². The average Bonchev–Trinajstić information content (AvgIpc) is 2.54.